The Morgan fingerprint density at radius 3 is 2.47 bits per heavy atom. The molecule has 0 aliphatic carbocycles. The fourth-order valence-electron chi connectivity index (χ4n) is 1.95. The minimum absolute atomic E-state index is 0.0674. The van der Waals surface area contributed by atoms with Gasteiger partial charge >= 0.3 is 0 Å². The molecule has 0 aromatic heterocycles. The van der Waals surface area contributed by atoms with Crippen LogP contribution in [0.15, 0.2) is 54.6 Å². The van der Waals surface area contributed by atoms with Gasteiger partial charge in [-0.1, -0.05) is 36.4 Å². The van der Waals surface area contributed by atoms with Crippen molar-refractivity contribution in [3.05, 3.63) is 65.7 Å². The van der Waals surface area contributed by atoms with Gasteiger partial charge in [-0.25, -0.2) is 0 Å². The van der Waals surface area contributed by atoms with E-state index < -0.39 is 0 Å². The molecular formula is C16H17NO2. The van der Waals surface area contributed by atoms with Crippen LogP contribution in [0.2, 0.25) is 0 Å². The van der Waals surface area contributed by atoms with Crippen molar-refractivity contribution >= 4 is 5.91 Å². The average molecular weight is 255 g/mol. The highest BCUT2D eigenvalue weighted by Gasteiger charge is 2.14. The van der Waals surface area contributed by atoms with Gasteiger partial charge in [0.2, 0.25) is 0 Å². The maximum absolute atomic E-state index is 12.3. The molecule has 0 fully saturated rings. The number of carbonyl (C=O) groups is 1. The lowest BCUT2D eigenvalue weighted by molar-refractivity contribution is 0.0752. The quantitative estimate of drug-likeness (QED) is 0.912. The van der Waals surface area contributed by atoms with E-state index in [-0.39, 0.29) is 11.7 Å². The normalized spacial score (nSPS) is 10.2. The summed E-state index contributed by atoms with van der Waals surface area (Å²) in [5.74, 6) is 0.0452. The van der Waals surface area contributed by atoms with Crippen LogP contribution in [-0.2, 0) is 6.54 Å². The van der Waals surface area contributed by atoms with Gasteiger partial charge in [0.1, 0.15) is 5.75 Å². The molecular weight excluding hydrogens is 238 g/mol. The Hall–Kier alpha value is -2.29. The third-order valence-electron chi connectivity index (χ3n) is 2.98. The molecule has 0 unspecified atom stereocenters. The van der Waals surface area contributed by atoms with Crippen molar-refractivity contribution in [2.45, 2.75) is 13.5 Å². The molecule has 3 nitrogen and oxygen atoms in total. The molecule has 0 saturated heterocycles. The van der Waals surface area contributed by atoms with Gasteiger partial charge in [-0.15, -0.1) is 0 Å². The molecule has 98 valence electrons. The Bertz CT molecular complexity index is 552. The standard InChI is InChI=1S/C16H17NO2/c1-2-17(12-13-7-4-3-5-8-13)16(19)14-9-6-10-15(18)11-14/h3-11,18H,2,12H2,1H3. The molecule has 0 heterocycles. The van der Waals surface area contributed by atoms with Gasteiger partial charge in [0.15, 0.2) is 0 Å². The van der Waals surface area contributed by atoms with Gasteiger partial charge in [0.05, 0.1) is 0 Å². The maximum Gasteiger partial charge on any atom is 0.254 e. The molecule has 2 rings (SSSR count). The first-order valence-electron chi connectivity index (χ1n) is 6.33. The predicted molar refractivity (Wildman–Crippen MR) is 75.0 cm³/mol. The lowest BCUT2D eigenvalue weighted by atomic mass is 10.1. The summed E-state index contributed by atoms with van der Waals surface area (Å²) in [5, 5.41) is 9.44. The molecule has 0 spiro atoms. The van der Waals surface area contributed by atoms with E-state index in [1.165, 1.54) is 6.07 Å². The van der Waals surface area contributed by atoms with Gasteiger partial charge in [-0.2, -0.15) is 0 Å². The zero-order valence-corrected chi connectivity index (χ0v) is 10.9. The molecule has 2 aromatic rings. The number of nitrogens with zero attached hydrogens (tertiary/aromatic N) is 1. The van der Waals surface area contributed by atoms with Crippen molar-refractivity contribution < 1.29 is 9.90 Å². The molecule has 0 bridgehead atoms. The molecule has 0 aliphatic rings. The van der Waals surface area contributed by atoms with Crippen LogP contribution in [0.1, 0.15) is 22.8 Å². The van der Waals surface area contributed by atoms with E-state index in [2.05, 4.69) is 0 Å². The predicted octanol–water partition coefficient (Wildman–Crippen LogP) is 3.05. The summed E-state index contributed by atoms with van der Waals surface area (Å²) in [5.41, 5.74) is 1.61. The summed E-state index contributed by atoms with van der Waals surface area (Å²) < 4.78 is 0. The summed E-state index contributed by atoms with van der Waals surface area (Å²) in [7, 11) is 0. The van der Waals surface area contributed by atoms with E-state index in [9.17, 15) is 9.90 Å². The molecule has 3 heteroatoms. The third-order valence-corrected chi connectivity index (χ3v) is 2.98. The Balaban J connectivity index is 2.16. The van der Waals surface area contributed by atoms with Crippen molar-refractivity contribution in [2.24, 2.45) is 0 Å². The van der Waals surface area contributed by atoms with E-state index in [1.54, 1.807) is 23.1 Å². The summed E-state index contributed by atoms with van der Waals surface area (Å²) in [4.78, 5) is 14.1. The Morgan fingerprint density at radius 2 is 1.84 bits per heavy atom. The minimum atomic E-state index is -0.0674. The zero-order chi connectivity index (χ0) is 13.7. The maximum atomic E-state index is 12.3. The Kier molecular flexibility index (Phi) is 4.18. The van der Waals surface area contributed by atoms with Gasteiger partial charge in [-0.3, -0.25) is 4.79 Å². The monoisotopic (exact) mass is 255 g/mol. The molecule has 1 amide bonds. The summed E-state index contributed by atoms with van der Waals surface area (Å²) in [6, 6.07) is 16.3. The van der Waals surface area contributed by atoms with Crippen molar-refractivity contribution in [2.75, 3.05) is 6.54 Å². The fraction of sp³-hybridized carbons (Fsp3) is 0.188. The number of carbonyl (C=O) groups excluding carboxylic acids is 1. The van der Waals surface area contributed by atoms with Crippen molar-refractivity contribution in [1.82, 2.24) is 4.90 Å². The first kappa shape index (κ1) is 13.1. The molecule has 2 aromatic carbocycles. The van der Waals surface area contributed by atoms with Crippen LogP contribution < -0.4 is 0 Å². The topological polar surface area (TPSA) is 40.5 Å². The van der Waals surface area contributed by atoms with Gasteiger partial charge in [0.25, 0.3) is 5.91 Å². The van der Waals surface area contributed by atoms with Crippen LogP contribution in [-0.4, -0.2) is 22.5 Å². The van der Waals surface area contributed by atoms with E-state index in [1.807, 2.05) is 37.3 Å². The van der Waals surface area contributed by atoms with Crippen LogP contribution in [0.3, 0.4) is 0 Å². The Morgan fingerprint density at radius 1 is 1.11 bits per heavy atom. The summed E-state index contributed by atoms with van der Waals surface area (Å²) in [6.07, 6.45) is 0. The number of aromatic hydroxyl groups is 1. The van der Waals surface area contributed by atoms with Gasteiger partial charge < -0.3 is 10.0 Å². The van der Waals surface area contributed by atoms with Crippen LogP contribution in [0.4, 0.5) is 0 Å². The van der Waals surface area contributed by atoms with Crippen LogP contribution in [0, 0.1) is 0 Å². The summed E-state index contributed by atoms with van der Waals surface area (Å²) >= 11 is 0. The van der Waals surface area contributed by atoms with Crippen molar-refractivity contribution in [1.29, 1.82) is 0 Å². The van der Waals surface area contributed by atoms with Crippen molar-refractivity contribution in [3.63, 3.8) is 0 Å². The molecule has 0 atom stereocenters. The second kappa shape index (κ2) is 6.05. The Labute approximate surface area is 113 Å². The van der Waals surface area contributed by atoms with Crippen LogP contribution >= 0.6 is 0 Å². The minimum Gasteiger partial charge on any atom is -0.508 e. The van der Waals surface area contributed by atoms with Gasteiger partial charge in [-0.05, 0) is 30.7 Å². The van der Waals surface area contributed by atoms with E-state index in [0.717, 1.165) is 5.56 Å². The van der Waals surface area contributed by atoms with E-state index >= 15 is 0 Å². The molecule has 0 radical (unpaired) electrons. The van der Waals surface area contributed by atoms with Crippen molar-refractivity contribution in [3.8, 4) is 5.75 Å². The smallest absolute Gasteiger partial charge is 0.254 e. The van der Waals surface area contributed by atoms with E-state index in [4.69, 9.17) is 0 Å². The second-order valence-electron chi connectivity index (χ2n) is 4.36. The second-order valence-corrected chi connectivity index (χ2v) is 4.36. The molecule has 1 N–H and O–H groups in total. The molecule has 19 heavy (non-hydrogen) atoms. The zero-order valence-electron chi connectivity index (χ0n) is 10.9. The number of hydrogen-bond donors (Lipinski definition) is 1. The number of hydrogen-bond acceptors (Lipinski definition) is 2. The number of phenolic OH excluding ortho intramolecular Hbond substituents is 1. The molecule has 0 aliphatic heterocycles. The highest BCUT2D eigenvalue weighted by atomic mass is 16.3. The van der Waals surface area contributed by atoms with Gasteiger partial charge in [0, 0.05) is 18.7 Å². The first-order chi connectivity index (χ1) is 9.20. The SMILES string of the molecule is CCN(Cc1ccccc1)C(=O)c1cccc(O)c1. The molecule has 0 saturated carbocycles. The lowest BCUT2D eigenvalue weighted by Crippen LogP contribution is -2.30. The fourth-order valence-corrected chi connectivity index (χ4v) is 1.95. The largest absolute Gasteiger partial charge is 0.508 e. The number of rotatable bonds is 4. The first-order valence-corrected chi connectivity index (χ1v) is 6.33. The highest BCUT2D eigenvalue weighted by Crippen LogP contribution is 2.14. The highest BCUT2D eigenvalue weighted by molar-refractivity contribution is 5.94. The third kappa shape index (κ3) is 3.35. The van der Waals surface area contributed by atoms with E-state index in [0.29, 0.717) is 18.7 Å². The number of phenols is 1. The number of amides is 1. The summed E-state index contributed by atoms with van der Waals surface area (Å²) in [6.45, 7) is 3.15. The number of benzene rings is 2. The lowest BCUT2D eigenvalue weighted by Gasteiger charge is -2.21. The van der Waals surface area contributed by atoms with Crippen LogP contribution in [0.25, 0.3) is 0 Å². The van der Waals surface area contributed by atoms with Crippen LogP contribution in [0.5, 0.6) is 5.75 Å². The average Bonchev–Trinajstić information content (AvgIpc) is 2.45.